The van der Waals surface area contributed by atoms with E-state index in [9.17, 15) is 0 Å². The van der Waals surface area contributed by atoms with Gasteiger partial charge in [-0.3, -0.25) is 0 Å². The molecule has 1 aliphatic rings. The van der Waals surface area contributed by atoms with Crippen LogP contribution >= 0.6 is 12.6 Å². The summed E-state index contributed by atoms with van der Waals surface area (Å²) in [4.78, 5) is 0. The molecule has 1 fully saturated rings. The lowest BCUT2D eigenvalue weighted by Gasteiger charge is -2.35. The molecule has 1 saturated heterocycles. The second kappa shape index (κ2) is 3.78. The summed E-state index contributed by atoms with van der Waals surface area (Å²) in [7, 11) is 0. The van der Waals surface area contributed by atoms with Crippen LogP contribution in [0.15, 0.2) is 0 Å². The van der Waals surface area contributed by atoms with E-state index in [-0.39, 0.29) is 10.9 Å². The van der Waals surface area contributed by atoms with Crippen LogP contribution < -0.4 is 5.32 Å². The molecule has 1 N–H and O–H groups in total. The van der Waals surface area contributed by atoms with Crippen LogP contribution in [0.4, 0.5) is 0 Å². The van der Waals surface area contributed by atoms with Crippen molar-refractivity contribution in [2.75, 3.05) is 19.7 Å². The third-order valence-corrected chi connectivity index (χ3v) is 2.94. The predicted octanol–water partition coefficient (Wildman–Crippen LogP) is 1.07. The van der Waals surface area contributed by atoms with Gasteiger partial charge in [-0.1, -0.05) is 6.92 Å². The van der Waals surface area contributed by atoms with Crippen molar-refractivity contribution in [2.24, 2.45) is 0 Å². The molecule has 2 unspecified atom stereocenters. The van der Waals surface area contributed by atoms with E-state index in [2.05, 4.69) is 31.8 Å². The maximum Gasteiger partial charge on any atom is 0.0841 e. The summed E-state index contributed by atoms with van der Waals surface area (Å²) in [5, 5.41) is 3.30. The lowest BCUT2D eigenvalue weighted by atomic mass is 10.00. The normalized spacial score (nSPS) is 31.4. The SMILES string of the molecule is CCC(C)(S)C1CNCCO1. The highest BCUT2D eigenvalue weighted by atomic mass is 32.1. The van der Waals surface area contributed by atoms with Crippen molar-refractivity contribution >= 4 is 12.6 Å². The maximum absolute atomic E-state index is 5.59. The van der Waals surface area contributed by atoms with Gasteiger partial charge < -0.3 is 10.1 Å². The Morgan fingerprint density at radius 1 is 1.73 bits per heavy atom. The summed E-state index contributed by atoms with van der Waals surface area (Å²) >= 11 is 4.56. The van der Waals surface area contributed by atoms with Crippen LogP contribution in [0.5, 0.6) is 0 Å². The Bertz CT molecular complexity index is 121. The molecule has 0 amide bonds. The van der Waals surface area contributed by atoms with Crippen LogP contribution in [-0.2, 0) is 4.74 Å². The maximum atomic E-state index is 5.59. The molecular formula is C8H17NOS. The zero-order valence-electron chi connectivity index (χ0n) is 7.26. The molecule has 3 heteroatoms. The molecule has 1 aliphatic heterocycles. The van der Waals surface area contributed by atoms with E-state index >= 15 is 0 Å². The quantitative estimate of drug-likeness (QED) is 0.613. The third-order valence-electron chi connectivity index (χ3n) is 2.34. The summed E-state index contributed by atoms with van der Waals surface area (Å²) in [5.41, 5.74) is 0. The highest BCUT2D eigenvalue weighted by Crippen LogP contribution is 2.25. The highest BCUT2D eigenvalue weighted by molar-refractivity contribution is 7.81. The van der Waals surface area contributed by atoms with Gasteiger partial charge in [0.05, 0.1) is 12.7 Å². The van der Waals surface area contributed by atoms with Gasteiger partial charge in [-0.15, -0.1) is 0 Å². The molecule has 1 heterocycles. The average Bonchev–Trinajstić information content (AvgIpc) is 2.06. The van der Waals surface area contributed by atoms with E-state index in [1.807, 2.05) is 0 Å². The van der Waals surface area contributed by atoms with Crippen molar-refractivity contribution in [1.29, 1.82) is 0 Å². The second-order valence-corrected chi connectivity index (χ2v) is 4.30. The molecule has 2 nitrogen and oxygen atoms in total. The minimum Gasteiger partial charge on any atom is -0.374 e. The fourth-order valence-corrected chi connectivity index (χ4v) is 1.36. The van der Waals surface area contributed by atoms with Crippen LogP contribution in [0.25, 0.3) is 0 Å². The van der Waals surface area contributed by atoms with Crippen LogP contribution in [0.2, 0.25) is 0 Å². The van der Waals surface area contributed by atoms with Gasteiger partial charge in [0.25, 0.3) is 0 Å². The lowest BCUT2D eigenvalue weighted by molar-refractivity contribution is 0.00661. The van der Waals surface area contributed by atoms with Crippen molar-refractivity contribution in [3.8, 4) is 0 Å². The second-order valence-electron chi connectivity index (χ2n) is 3.27. The molecule has 0 radical (unpaired) electrons. The van der Waals surface area contributed by atoms with Crippen molar-refractivity contribution in [3.05, 3.63) is 0 Å². The van der Waals surface area contributed by atoms with Crippen molar-refractivity contribution in [1.82, 2.24) is 5.32 Å². The third kappa shape index (κ3) is 2.36. The van der Waals surface area contributed by atoms with E-state index < -0.39 is 0 Å². The molecule has 0 aromatic rings. The van der Waals surface area contributed by atoms with Crippen LogP contribution in [0, 0.1) is 0 Å². The van der Waals surface area contributed by atoms with E-state index in [1.165, 1.54) is 0 Å². The smallest absolute Gasteiger partial charge is 0.0841 e. The van der Waals surface area contributed by atoms with Crippen molar-refractivity contribution in [3.63, 3.8) is 0 Å². The Kier molecular flexibility index (Phi) is 3.22. The number of hydrogen-bond acceptors (Lipinski definition) is 3. The summed E-state index contributed by atoms with van der Waals surface area (Å²) < 4.78 is 5.62. The van der Waals surface area contributed by atoms with Gasteiger partial charge in [-0.05, 0) is 13.3 Å². The first kappa shape index (κ1) is 9.36. The molecule has 1 rings (SSSR count). The average molecular weight is 175 g/mol. The van der Waals surface area contributed by atoms with Gasteiger partial charge in [0.15, 0.2) is 0 Å². The van der Waals surface area contributed by atoms with E-state index in [0.717, 1.165) is 26.1 Å². The van der Waals surface area contributed by atoms with E-state index in [4.69, 9.17) is 4.74 Å². The Labute approximate surface area is 74.1 Å². The molecule has 2 atom stereocenters. The van der Waals surface area contributed by atoms with Crippen LogP contribution in [-0.4, -0.2) is 30.5 Å². The molecule has 0 aromatic carbocycles. The van der Waals surface area contributed by atoms with E-state index in [0.29, 0.717) is 0 Å². The molecule has 66 valence electrons. The Morgan fingerprint density at radius 2 is 2.45 bits per heavy atom. The summed E-state index contributed by atoms with van der Waals surface area (Å²) in [6.07, 6.45) is 1.31. The molecule has 0 bridgehead atoms. The molecule has 0 aromatic heterocycles. The van der Waals surface area contributed by atoms with Gasteiger partial charge in [0.1, 0.15) is 0 Å². The molecule has 11 heavy (non-hydrogen) atoms. The lowest BCUT2D eigenvalue weighted by Crippen LogP contribution is -2.48. The molecule has 0 aliphatic carbocycles. The molecule has 0 spiro atoms. The van der Waals surface area contributed by atoms with Crippen LogP contribution in [0.3, 0.4) is 0 Å². The number of hydrogen-bond donors (Lipinski definition) is 2. The standard InChI is InChI=1S/C8H17NOS/c1-3-8(2,11)7-6-9-4-5-10-7/h7,9,11H,3-6H2,1-2H3. The monoisotopic (exact) mass is 175 g/mol. The fraction of sp³-hybridized carbons (Fsp3) is 1.00. The van der Waals surface area contributed by atoms with Crippen LogP contribution in [0.1, 0.15) is 20.3 Å². The molecular weight excluding hydrogens is 158 g/mol. The van der Waals surface area contributed by atoms with Crippen molar-refractivity contribution in [2.45, 2.75) is 31.1 Å². The minimum absolute atomic E-state index is 0.0213. The first-order valence-electron chi connectivity index (χ1n) is 4.21. The number of thiol groups is 1. The highest BCUT2D eigenvalue weighted by Gasteiger charge is 2.30. The topological polar surface area (TPSA) is 21.3 Å². The largest absolute Gasteiger partial charge is 0.374 e. The van der Waals surface area contributed by atoms with Gasteiger partial charge in [0, 0.05) is 17.8 Å². The zero-order valence-corrected chi connectivity index (χ0v) is 8.16. The Hall–Kier alpha value is 0.270. The number of ether oxygens (including phenoxy) is 1. The number of rotatable bonds is 2. The molecule has 0 saturated carbocycles. The van der Waals surface area contributed by atoms with Gasteiger partial charge in [0.2, 0.25) is 0 Å². The summed E-state index contributed by atoms with van der Waals surface area (Å²) in [5.74, 6) is 0. The Morgan fingerprint density at radius 3 is 2.91 bits per heavy atom. The first-order chi connectivity index (χ1) is 5.17. The number of morpholine rings is 1. The minimum atomic E-state index is 0.0213. The first-order valence-corrected chi connectivity index (χ1v) is 4.66. The van der Waals surface area contributed by atoms with Gasteiger partial charge in [-0.25, -0.2) is 0 Å². The van der Waals surface area contributed by atoms with Gasteiger partial charge in [-0.2, -0.15) is 12.6 Å². The predicted molar refractivity (Wildman–Crippen MR) is 50.3 cm³/mol. The zero-order chi connectivity index (χ0) is 8.32. The summed E-state index contributed by atoms with van der Waals surface area (Å²) in [6, 6.07) is 0. The fourth-order valence-electron chi connectivity index (χ4n) is 1.19. The summed E-state index contributed by atoms with van der Waals surface area (Å²) in [6.45, 7) is 7.01. The van der Waals surface area contributed by atoms with Crippen molar-refractivity contribution < 1.29 is 4.74 Å². The number of nitrogens with one attached hydrogen (secondary N) is 1. The van der Waals surface area contributed by atoms with Gasteiger partial charge >= 0.3 is 0 Å². The Balaban J connectivity index is 2.43. The van der Waals surface area contributed by atoms with E-state index in [1.54, 1.807) is 0 Å².